The van der Waals surface area contributed by atoms with Crippen LogP contribution in [0.3, 0.4) is 0 Å². The monoisotopic (exact) mass is 194 g/mol. The number of aliphatic hydroxyl groups is 1. The predicted octanol–water partition coefficient (Wildman–Crippen LogP) is 0.775. The fourth-order valence-electron chi connectivity index (χ4n) is 1.46. The van der Waals surface area contributed by atoms with Crippen LogP contribution in [0.1, 0.15) is 18.9 Å². The van der Waals surface area contributed by atoms with E-state index in [0.29, 0.717) is 13.0 Å². The highest BCUT2D eigenvalue weighted by molar-refractivity contribution is 5.20. The third kappa shape index (κ3) is 2.80. The molecule has 0 bridgehead atoms. The first kappa shape index (κ1) is 11.2. The molecule has 0 spiro atoms. The number of benzene rings is 1. The van der Waals surface area contributed by atoms with Gasteiger partial charge < -0.3 is 10.8 Å². The van der Waals surface area contributed by atoms with Gasteiger partial charge in [0.15, 0.2) is 0 Å². The van der Waals surface area contributed by atoms with Crippen LogP contribution in [0.15, 0.2) is 30.3 Å². The fourth-order valence-corrected chi connectivity index (χ4v) is 1.46. The molecule has 0 amide bonds. The van der Waals surface area contributed by atoms with E-state index in [4.69, 9.17) is 11.5 Å². The van der Waals surface area contributed by atoms with Crippen molar-refractivity contribution in [3.8, 4) is 0 Å². The minimum atomic E-state index is -1.26. The molecule has 0 aliphatic rings. The molecule has 1 aromatic rings. The van der Waals surface area contributed by atoms with Gasteiger partial charge in [0.25, 0.3) is 0 Å². The highest BCUT2D eigenvalue weighted by atomic mass is 16.3. The van der Waals surface area contributed by atoms with Gasteiger partial charge in [-0.2, -0.15) is 0 Å². The summed E-state index contributed by atoms with van der Waals surface area (Å²) in [5.74, 6) is 0.213. The van der Waals surface area contributed by atoms with Crippen molar-refractivity contribution >= 4 is 0 Å². The van der Waals surface area contributed by atoms with Crippen molar-refractivity contribution < 1.29 is 5.11 Å². The van der Waals surface area contributed by atoms with Gasteiger partial charge >= 0.3 is 0 Å². The second kappa shape index (κ2) is 4.55. The molecule has 1 aromatic carbocycles. The molecular formula is C11H18N2O. The van der Waals surface area contributed by atoms with Gasteiger partial charge in [0.2, 0.25) is 0 Å². The average Bonchev–Trinajstić information content (AvgIpc) is 2.18. The van der Waals surface area contributed by atoms with E-state index in [1.807, 2.05) is 37.3 Å². The van der Waals surface area contributed by atoms with Crippen molar-refractivity contribution in [2.24, 2.45) is 17.4 Å². The Hall–Kier alpha value is -0.900. The summed E-state index contributed by atoms with van der Waals surface area (Å²) in [6.45, 7) is 2.51. The Morgan fingerprint density at radius 2 is 1.93 bits per heavy atom. The zero-order valence-corrected chi connectivity index (χ0v) is 8.48. The largest absolute Gasteiger partial charge is 0.372 e. The number of rotatable bonds is 4. The summed E-state index contributed by atoms with van der Waals surface area (Å²) in [5.41, 5.74) is 10.8. The van der Waals surface area contributed by atoms with E-state index >= 15 is 0 Å². The summed E-state index contributed by atoms with van der Waals surface area (Å²) in [7, 11) is 0. The molecule has 0 saturated carbocycles. The summed E-state index contributed by atoms with van der Waals surface area (Å²) in [4.78, 5) is 0. The Morgan fingerprint density at radius 3 is 2.43 bits per heavy atom. The smallest absolute Gasteiger partial charge is 0.139 e. The van der Waals surface area contributed by atoms with Crippen molar-refractivity contribution in [1.82, 2.24) is 0 Å². The van der Waals surface area contributed by atoms with Crippen LogP contribution in [0.4, 0.5) is 0 Å². The Morgan fingerprint density at radius 1 is 1.36 bits per heavy atom. The van der Waals surface area contributed by atoms with Crippen LogP contribution in [0.5, 0.6) is 0 Å². The van der Waals surface area contributed by atoms with E-state index in [2.05, 4.69) is 0 Å². The molecule has 0 fully saturated rings. The van der Waals surface area contributed by atoms with Gasteiger partial charge in [-0.15, -0.1) is 0 Å². The molecule has 0 aliphatic heterocycles. The molecule has 5 N–H and O–H groups in total. The van der Waals surface area contributed by atoms with E-state index in [0.717, 1.165) is 5.56 Å². The molecule has 2 atom stereocenters. The van der Waals surface area contributed by atoms with Gasteiger partial charge in [-0.05, 0) is 24.4 Å². The fraction of sp³-hybridized carbons (Fsp3) is 0.455. The molecule has 0 saturated heterocycles. The van der Waals surface area contributed by atoms with Crippen molar-refractivity contribution in [2.75, 3.05) is 6.54 Å². The second-order valence-corrected chi connectivity index (χ2v) is 3.84. The van der Waals surface area contributed by atoms with Gasteiger partial charge in [0.05, 0.1) is 0 Å². The Bertz CT molecular complexity index is 272. The Labute approximate surface area is 84.7 Å². The van der Waals surface area contributed by atoms with E-state index in [9.17, 15) is 5.11 Å². The normalized spacial score (nSPS) is 17.4. The number of hydrogen-bond acceptors (Lipinski definition) is 3. The quantitative estimate of drug-likeness (QED) is 0.620. The van der Waals surface area contributed by atoms with Crippen LogP contribution in [-0.4, -0.2) is 11.7 Å². The summed E-state index contributed by atoms with van der Waals surface area (Å²) in [6.07, 6.45) is 0.480. The Balaban J connectivity index is 2.75. The van der Waals surface area contributed by atoms with Crippen LogP contribution in [0, 0.1) is 5.92 Å². The lowest BCUT2D eigenvalue weighted by atomic mass is 9.93. The van der Waals surface area contributed by atoms with E-state index in [1.54, 1.807) is 0 Å². The maximum Gasteiger partial charge on any atom is 0.139 e. The van der Waals surface area contributed by atoms with E-state index < -0.39 is 5.72 Å². The van der Waals surface area contributed by atoms with Gasteiger partial charge in [-0.3, -0.25) is 5.73 Å². The van der Waals surface area contributed by atoms with Gasteiger partial charge in [0, 0.05) is 0 Å². The molecule has 0 aliphatic carbocycles. The van der Waals surface area contributed by atoms with Crippen LogP contribution in [0.25, 0.3) is 0 Å². The molecule has 3 heteroatoms. The predicted molar refractivity (Wildman–Crippen MR) is 57.4 cm³/mol. The molecule has 0 heterocycles. The Kier molecular flexibility index (Phi) is 3.63. The SMILES string of the molecule is CC(CN)CC(N)(O)c1ccccc1. The van der Waals surface area contributed by atoms with Gasteiger partial charge in [-0.1, -0.05) is 37.3 Å². The van der Waals surface area contributed by atoms with Crippen LogP contribution in [0.2, 0.25) is 0 Å². The first-order valence-corrected chi connectivity index (χ1v) is 4.83. The highest BCUT2D eigenvalue weighted by Crippen LogP contribution is 2.22. The number of hydrogen-bond donors (Lipinski definition) is 3. The molecule has 3 nitrogen and oxygen atoms in total. The zero-order valence-electron chi connectivity index (χ0n) is 8.48. The molecule has 78 valence electrons. The van der Waals surface area contributed by atoms with Crippen molar-refractivity contribution in [2.45, 2.75) is 19.1 Å². The topological polar surface area (TPSA) is 72.3 Å². The lowest BCUT2D eigenvalue weighted by Gasteiger charge is -2.26. The van der Waals surface area contributed by atoms with Crippen molar-refractivity contribution in [3.05, 3.63) is 35.9 Å². The van der Waals surface area contributed by atoms with Gasteiger partial charge in [0.1, 0.15) is 5.72 Å². The maximum atomic E-state index is 10.0. The standard InChI is InChI=1S/C11H18N2O/c1-9(8-12)7-11(13,14)10-5-3-2-4-6-10/h2-6,9,14H,7-8,12-13H2,1H3. The van der Waals surface area contributed by atoms with Crippen molar-refractivity contribution in [3.63, 3.8) is 0 Å². The van der Waals surface area contributed by atoms with Crippen LogP contribution < -0.4 is 11.5 Å². The molecule has 1 rings (SSSR count). The van der Waals surface area contributed by atoms with E-state index in [-0.39, 0.29) is 5.92 Å². The average molecular weight is 194 g/mol. The lowest BCUT2D eigenvalue weighted by Crippen LogP contribution is -2.39. The maximum absolute atomic E-state index is 10.0. The molecule has 0 aromatic heterocycles. The minimum absolute atomic E-state index is 0.213. The van der Waals surface area contributed by atoms with Crippen LogP contribution in [-0.2, 0) is 5.72 Å². The van der Waals surface area contributed by atoms with Gasteiger partial charge in [-0.25, -0.2) is 0 Å². The lowest BCUT2D eigenvalue weighted by molar-refractivity contribution is 0.0206. The minimum Gasteiger partial charge on any atom is -0.372 e. The third-order valence-corrected chi connectivity index (χ3v) is 2.34. The first-order valence-electron chi connectivity index (χ1n) is 4.83. The summed E-state index contributed by atoms with van der Waals surface area (Å²) in [6, 6.07) is 9.26. The van der Waals surface area contributed by atoms with Crippen molar-refractivity contribution in [1.29, 1.82) is 0 Å². The summed E-state index contributed by atoms with van der Waals surface area (Å²) >= 11 is 0. The molecule has 14 heavy (non-hydrogen) atoms. The van der Waals surface area contributed by atoms with E-state index in [1.165, 1.54) is 0 Å². The number of nitrogens with two attached hydrogens (primary N) is 2. The summed E-state index contributed by atoms with van der Waals surface area (Å²) < 4.78 is 0. The molecular weight excluding hydrogens is 176 g/mol. The molecule has 2 unspecified atom stereocenters. The summed E-state index contributed by atoms with van der Waals surface area (Å²) in [5, 5.41) is 10.0. The highest BCUT2D eigenvalue weighted by Gasteiger charge is 2.25. The third-order valence-electron chi connectivity index (χ3n) is 2.34. The zero-order chi connectivity index (χ0) is 10.6. The molecule has 0 radical (unpaired) electrons. The first-order chi connectivity index (χ1) is 6.56. The second-order valence-electron chi connectivity index (χ2n) is 3.84. The van der Waals surface area contributed by atoms with Crippen LogP contribution >= 0.6 is 0 Å².